The van der Waals surface area contributed by atoms with E-state index in [1.54, 1.807) is 18.5 Å². The van der Waals surface area contributed by atoms with Gasteiger partial charge in [-0.2, -0.15) is 0 Å². The van der Waals surface area contributed by atoms with E-state index in [1.165, 1.54) is 0 Å². The summed E-state index contributed by atoms with van der Waals surface area (Å²) in [6, 6.07) is 1.58. The third kappa shape index (κ3) is 4.72. The summed E-state index contributed by atoms with van der Waals surface area (Å²) < 4.78 is 5.16. The molecule has 1 aromatic rings. The molecule has 94 valence electrons. The molecule has 1 amide bonds. The van der Waals surface area contributed by atoms with E-state index in [0.717, 1.165) is 5.56 Å². The van der Waals surface area contributed by atoms with Gasteiger partial charge in [0.1, 0.15) is 5.60 Å². The van der Waals surface area contributed by atoms with Crippen molar-refractivity contribution < 1.29 is 9.53 Å². The van der Waals surface area contributed by atoms with E-state index in [0.29, 0.717) is 5.69 Å². The van der Waals surface area contributed by atoms with Crippen LogP contribution in [0.1, 0.15) is 39.3 Å². The second kappa shape index (κ2) is 5.03. The molecule has 0 bridgehead atoms. The van der Waals surface area contributed by atoms with Gasteiger partial charge in [0.2, 0.25) is 0 Å². The minimum Gasteiger partial charge on any atom is -0.444 e. The topological polar surface area (TPSA) is 77.2 Å². The highest BCUT2D eigenvalue weighted by molar-refractivity contribution is 5.68. The molecule has 0 saturated carbocycles. The van der Waals surface area contributed by atoms with E-state index < -0.39 is 11.7 Å². The van der Waals surface area contributed by atoms with E-state index >= 15 is 0 Å². The van der Waals surface area contributed by atoms with E-state index in [4.69, 9.17) is 10.5 Å². The zero-order chi connectivity index (χ0) is 13.1. The molecule has 5 heteroatoms. The van der Waals surface area contributed by atoms with Crippen molar-refractivity contribution in [2.45, 2.75) is 39.3 Å². The van der Waals surface area contributed by atoms with Crippen molar-refractivity contribution in [2.24, 2.45) is 0 Å². The lowest BCUT2D eigenvalue weighted by Gasteiger charge is -2.22. The van der Waals surface area contributed by atoms with Crippen molar-refractivity contribution in [3.63, 3.8) is 0 Å². The van der Waals surface area contributed by atoms with Gasteiger partial charge in [0.15, 0.2) is 0 Å². The number of aromatic nitrogens is 1. The molecule has 0 aromatic carbocycles. The maximum Gasteiger partial charge on any atom is 0.408 e. The molecule has 1 atom stereocenters. The number of carbonyl (C=O) groups is 1. The summed E-state index contributed by atoms with van der Waals surface area (Å²) >= 11 is 0. The smallest absolute Gasteiger partial charge is 0.408 e. The lowest BCUT2D eigenvalue weighted by molar-refractivity contribution is 0.0508. The summed E-state index contributed by atoms with van der Waals surface area (Å²) in [6.45, 7) is 7.30. The number of hydrogen-bond donors (Lipinski definition) is 2. The second-order valence-corrected chi connectivity index (χ2v) is 4.92. The molecule has 3 N–H and O–H groups in total. The fraction of sp³-hybridized carbons (Fsp3) is 0.500. The second-order valence-electron chi connectivity index (χ2n) is 4.92. The molecule has 5 nitrogen and oxygen atoms in total. The monoisotopic (exact) mass is 237 g/mol. The van der Waals surface area contributed by atoms with Gasteiger partial charge in [-0.3, -0.25) is 4.98 Å². The Bertz CT molecular complexity index is 399. The maximum absolute atomic E-state index is 11.5. The van der Waals surface area contributed by atoms with Crippen molar-refractivity contribution in [1.82, 2.24) is 10.3 Å². The summed E-state index contributed by atoms with van der Waals surface area (Å²) in [5, 5.41) is 2.72. The van der Waals surface area contributed by atoms with Gasteiger partial charge < -0.3 is 15.8 Å². The highest BCUT2D eigenvalue weighted by atomic mass is 16.6. The average molecular weight is 237 g/mol. The Hall–Kier alpha value is -1.78. The number of carbonyl (C=O) groups excluding carboxylic acids is 1. The van der Waals surface area contributed by atoms with Crippen molar-refractivity contribution in [3.8, 4) is 0 Å². The number of alkyl carbamates (subject to hydrolysis) is 1. The van der Waals surface area contributed by atoms with Crippen LogP contribution in [0.3, 0.4) is 0 Å². The van der Waals surface area contributed by atoms with Crippen molar-refractivity contribution in [2.75, 3.05) is 5.73 Å². The van der Waals surface area contributed by atoms with Gasteiger partial charge in [0.05, 0.1) is 11.7 Å². The molecule has 1 heterocycles. The number of hydrogen-bond acceptors (Lipinski definition) is 4. The Kier molecular flexibility index (Phi) is 3.93. The Labute approximate surface area is 101 Å². The standard InChI is InChI=1S/C12H19N3O2/c1-8(9-5-10(13)7-14-6-9)15-11(16)17-12(2,3)4/h5-8H,13H2,1-4H3,(H,15,16)/t8-/m1/s1. The first-order valence-corrected chi connectivity index (χ1v) is 5.48. The average Bonchev–Trinajstić information content (AvgIpc) is 2.14. The Morgan fingerprint density at radius 1 is 1.47 bits per heavy atom. The summed E-state index contributed by atoms with van der Waals surface area (Å²) in [5.74, 6) is 0. The molecule has 1 rings (SSSR count). The largest absolute Gasteiger partial charge is 0.444 e. The van der Waals surface area contributed by atoms with Crippen molar-refractivity contribution in [1.29, 1.82) is 0 Å². The van der Waals surface area contributed by atoms with Crippen LogP contribution in [0.15, 0.2) is 18.5 Å². The Morgan fingerprint density at radius 3 is 2.65 bits per heavy atom. The summed E-state index contributed by atoms with van der Waals surface area (Å²) in [6.07, 6.45) is 2.77. The third-order valence-electron chi connectivity index (χ3n) is 2.01. The predicted octanol–water partition coefficient (Wildman–Crippen LogP) is 2.25. The van der Waals surface area contributed by atoms with Crippen LogP contribution in [0.4, 0.5) is 10.5 Å². The summed E-state index contributed by atoms with van der Waals surface area (Å²) in [7, 11) is 0. The van der Waals surface area contributed by atoms with Gasteiger partial charge >= 0.3 is 6.09 Å². The fourth-order valence-corrected chi connectivity index (χ4v) is 1.28. The fourth-order valence-electron chi connectivity index (χ4n) is 1.28. The zero-order valence-electron chi connectivity index (χ0n) is 10.7. The van der Waals surface area contributed by atoms with Crippen LogP contribution >= 0.6 is 0 Å². The van der Waals surface area contributed by atoms with Crippen LogP contribution in [0, 0.1) is 0 Å². The van der Waals surface area contributed by atoms with E-state index in [9.17, 15) is 4.79 Å². The van der Waals surface area contributed by atoms with E-state index in [-0.39, 0.29) is 6.04 Å². The minimum absolute atomic E-state index is 0.194. The molecular weight excluding hydrogens is 218 g/mol. The number of nitrogens with two attached hydrogens (primary N) is 1. The summed E-state index contributed by atoms with van der Waals surface area (Å²) in [4.78, 5) is 15.5. The van der Waals surface area contributed by atoms with Crippen LogP contribution in [0.25, 0.3) is 0 Å². The molecule has 0 aliphatic heterocycles. The maximum atomic E-state index is 11.5. The predicted molar refractivity (Wildman–Crippen MR) is 66.4 cm³/mol. The molecule has 17 heavy (non-hydrogen) atoms. The van der Waals surface area contributed by atoms with Gasteiger partial charge in [-0.25, -0.2) is 4.79 Å². The van der Waals surface area contributed by atoms with Crippen LogP contribution in [-0.2, 0) is 4.74 Å². The number of amides is 1. The van der Waals surface area contributed by atoms with Gasteiger partial charge in [-0.15, -0.1) is 0 Å². The normalized spacial score (nSPS) is 12.9. The third-order valence-corrected chi connectivity index (χ3v) is 2.01. The Morgan fingerprint density at radius 2 is 2.12 bits per heavy atom. The molecule has 0 aliphatic carbocycles. The number of nitrogens with one attached hydrogen (secondary N) is 1. The van der Waals surface area contributed by atoms with Gasteiger partial charge in [-0.1, -0.05) is 0 Å². The lowest BCUT2D eigenvalue weighted by atomic mass is 10.1. The number of anilines is 1. The molecule has 1 aromatic heterocycles. The van der Waals surface area contributed by atoms with Crippen molar-refractivity contribution >= 4 is 11.8 Å². The quantitative estimate of drug-likeness (QED) is 0.827. The first-order chi connectivity index (χ1) is 7.78. The number of nitrogen functional groups attached to an aromatic ring is 1. The number of nitrogens with zero attached hydrogens (tertiary/aromatic N) is 1. The van der Waals surface area contributed by atoms with Gasteiger partial charge in [0, 0.05) is 12.4 Å². The highest BCUT2D eigenvalue weighted by Gasteiger charge is 2.18. The SMILES string of the molecule is C[C@@H](NC(=O)OC(C)(C)C)c1cncc(N)c1. The lowest BCUT2D eigenvalue weighted by Crippen LogP contribution is -2.34. The van der Waals surface area contributed by atoms with Crippen LogP contribution in [0.5, 0.6) is 0 Å². The first-order valence-electron chi connectivity index (χ1n) is 5.48. The molecule has 0 spiro atoms. The number of ether oxygens (including phenoxy) is 1. The number of rotatable bonds is 2. The molecular formula is C12H19N3O2. The number of pyridine rings is 1. The van der Waals surface area contributed by atoms with Gasteiger partial charge in [0.25, 0.3) is 0 Å². The molecule has 0 saturated heterocycles. The van der Waals surface area contributed by atoms with Gasteiger partial charge in [-0.05, 0) is 39.3 Å². The molecule has 0 aliphatic rings. The molecule has 0 unspecified atom stereocenters. The summed E-state index contributed by atoms with van der Waals surface area (Å²) in [5.41, 5.74) is 6.53. The van der Waals surface area contributed by atoms with Crippen molar-refractivity contribution in [3.05, 3.63) is 24.0 Å². The van der Waals surface area contributed by atoms with E-state index in [2.05, 4.69) is 10.3 Å². The Balaban J connectivity index is 2.61. The van der Waals surface area contributed by atoms with Crippen LogP contribution in [0.2, 0.25) is 0 Å². The first kappa shape index (κ1) is 13.3. The molecule has 0 radical (unpaired) electrons. The molecule has 0 fully saturated rings. The zero-order valence-corrected chi connectivity index (χ0v) is 10.7. The van der Waals surface area contributed by atoms with Crippen LogP contribution < -0.4 is 11.1 Å². The highest BCUT2D eigenvalue weighted by Crippen LogP contribution is 2.15. The van der Waals surface area contributed by atoms with E-state index in [1.807, 2.05) is 27.7 Å². The minimum atomic E-state index is -0.502. The van der Waals surface area contributed by atoms with Crippen LogP contribution in [-0.4, -0.2) is 16.7 Å².